The van der Waals surface area contributed by atoms with E-state index in [0.29, 0.717) is 34.2 Å². The van der Waals surface area contributed by atoms with Crippen molar-refractivity contribution in [3.63, 3.8) is 0 Å². The van der Waals surface area contributed by atoms with Gasteiger partial charge in [-0.1, -0.05) is 12.1 Å². The first kappa shape index (κ1) is 23.8. The number of aryl methyl sites for hydroxylation is 1. The molecule has 0 aliphatic heterocycles. The Labute approximate surface area is 186 Å². The number of nitrogens with zero attached hydrogens (tertiary/aromatic N) is 1. The molecule has 0 spiro atoms. The number of pyridine rings is 1. The van der Waals surface area contributed by atoms with Crippen molar-refractivity contribution in [1.82, 2.24) is 4.57 Å². The van der Waals surface area contributed by atoms with Crippen LogP contribution >= 0.6 is 12.9 Å². The summed E-state index contributed by atoms with van der Waals surface area (Å²) in [5.74, 6) is -2.00. The molecule has 0 fully saturated rings. The minimum absolute atomic E-state index is 0.0915. The van der Waals surface area contributed by atoms with Crippen molar-refractivity contribution in [2.24, 2.45) is 0 Å². The van der Waals surface area contributed by atoms with E-state index in [1.54, 1.807) is 38.2 Å². The van der Waals surface area contributed by atoms with Gasteiger partial charge < -0.3 is 14.1 Å². The Hall–Kier alpha value is -2.85. The zero-order valence-corrected chi connectivity index (χ0v) is 18.1. The lowest BCUT2D eigenvalue weighted by atomic mass is 10.0. The molecule has 1 amide bonds. The van der Waals surface area contributed by atoms with Gasteiger partial charge in [0.2, 0.25) is 5.91 Å². The quantitative estimate of drug-likeness (QED) is 0.302. The van der Waals surface area contributed by atoms with E-state index >= 15 is 0 Å². The Balaban J connectivity index is 1.89. The Bertz CT molecular complexity index is 1220. The first-order chi connectivity index (χ1) is 15.0. The monoisotopic (exact) mass is 468 g/mol. The Morgan fingerprint density at radius 1 is 1.19 bits per heavy atom. The Morgan fingerprint density at radius 2 is 1.91 bits per heavy atom. The molecule has 0 radical (unpaired) electrons. The van der Waals surface area contributed by atoms with Crippen LogP contribution in [0.3, 0.4) is 0 Å². The van der Waals surface area contributed by atoms with Crippen molar-refractivity contribution in [1.29, 1.82) is 0 Å². The number of benzene rings is 2. The van der Waals surface area contributed by atoms with E-state index in [9.17, 15) is 27.2 Å². The Morgan fingerprint density at radius 3 is 2.53 bits per heavy atom. The number of carbonyl (C=O) groups is 1. The van der Waals surface area contributed by atoms with E-state index in [-0.39, 0.29) is 30.2 Å². The smallest absolute Gasteiger partial charge is 0.325 e. The molecule has 32 heavy (non-hydrogen) atoms. The number of hydrogen-bond acceptors (Lipinski definition) is 4. The van der Waals surface area contributed by atoms with Crippen LogP contribution in [0.5, 0.6) is 0 Å². The number of nitrogens with one attached hydrogen (secondary N) is 1. The predicted molar refractivity (Wildman–Crippen MR) is 116 cm³/mol. The molecule has 0 saturated heterocycles. The van der Waals surface area contributed by atoms with E-state index in [2.05, 4.69) is 18.2 Å². The molecule has 1 atom stereocenters. The second-order valence-electron chi connectivity index (χ2n) is 7.43. The van der Waals surface area contributed by atoms with Gasteiger partial charge in [-0.15, -0.1) is 0 Å². The van der Waals surface area contributed by atoms with Crippen molar-refractivity contribution in [3.8, 4) is 0 Å². The van der Waals surface area contributed by atoms with E-state index in [1.165, 1.54) is 4.57 Å². The molecule has 0 aliphatic rings. The maximum absolute atomic E-state index is 13.8. The van der Waals surface area contributed by atoms with E-state index in [4.69, 9.17) is 4.18 Å². The number of amides is 1. The number of carbonyl (C=O) groups excluding carboxylic acids is 1. The molecule has 0 aliphatic carbocycles. The molecular weight excluding hydrogens is 448 g/mol. The minimum atomic E-state index is -4.81. The maximum atomic E-state index is 13.8. The highest BCUT2D eigenvalue weighted by molar-refractivity contribution is 7.75. The fourth-order valence-corrected chi connectivity index (χ4v) is 3.63. The van der Waals surface area contributed by atoms with Crippen molar-refractivity contribution in [2.75, 3.05) is 11.9 Å². The molecule has 3 aromatic rings. The molecule has 1 N–H and O–H groups in total. The van der Waals surface area contributed by atoms with Crippen molar-refractivity contribution in [2.45, 2.75) is 32.5 Å². The van der Waals surface area contributed by atoms with Gasteiger partial charge in [-0.2, -0.15) is 13.2 Å². The lowest BCUT2D eigenvalue weighted by Crippen LogP contribution is -2.25. The summed E-state index contributed by atoms with van der Waals surface area (Å²) in [7, 11) is 0. The van der Waals surface area contributed by atoms with Gasteiger partial charge in [-0.25, -0.2) is 4.39 Å². The Kier molecular flexibility index (Phi) is 6.94. The first-order valence-electron chi connectivity index (χ1n) is 9.59. The van der Waals surface area contributed by atoms with Crippen LogP contribution in [0.1, 0.15) is 29.7 Å². The molecule has 0 bridgehead atoms. The fraction of sp³-hybridized carbons (Fsp3) is 0.273. The summed E-state index contributed by atoms with van der Waals surface area (Å²) in [6.07, 6.45) is -3.56. The number of alkyl halides is 3. The third kappa shape index (κ3) is 4.97. The summed E-state index contributed by atoms with van der Waals surface area (Å²) in [6, 6.07) is 7.12. The number of aromatic nitrogens is 1. The van der Waals surface area contributed by atoms with Crippen molar-refractivity contribution >= 4 is 35.3 Å². The van der Waals surface area contributed by atoms with Crippen LogP contribution in [-0.4, -0.2) is 17.1 Å². The molecule has 1 aromatic heterocycles. The van der Waals surface area contributed by atoms with Crippen LogP contribution in [-0.2, 0) is 21.6 Å². The summed E-state index contributed by atoms with van der Waals surface area (Å²) < 4.78 is 58.2. The van der Waals surface area contributed by atoms with Gasteiger partial charge in [0, 0.05) is 17.0 Å². The van der Waals surface area contributed by atoms with Crippen molar-refractivity contribution in [3.05, 3.63) is 75.5 Å². The fourth-order valence-electron chi connectivity index (χ4n) is 3.42. The average molecular weight is 468 g/mol. The van der Waals surface area contributed by atoms with E-state index in [0.717, 1.165) is 6.07 Å². The number of halogens is 4. The van der Waals surface area contributed by atoms with E-state index in [1.807, 2.05) is 0 Å². The number of thiol groups is 1. The lowest BCUT2D eigenvalue weighted by molar-refractivity contribution is -0.140. The highest BCUT2D eigenvalue weighted by Crippen LogP contribution is 2.32. The third-order valence-electron chi connectivity index (χ3n) is 5.08. The van der Waals surface area contributed by atoms with Crippen LogP contribution in [0.2, 0.25) is 0 Å². The number of rotatable bonds is 6. The van der Waals surface area contributed by atoms with Gasteiger partial charge in [0.1, 0.15) is 5.82 Å². The molecule has 5 nitrogen and oxygen atoms in total. The summed E-state index contributed by atoms with van der Waals surface area (Å²) in [5.41, 5.74) is -0.481. The minimum Gasteiger partial charge on any atom is -0.325 e. The lowest BCUT2D eigenvalue weighted by Gasteiger charge is -2.17. The highest BCUT2D eigenvalue weighted by Gasteiger charge is 2.34. The molecule has 3 rings (SSSR count). The molecule has 0 saturated carbocycles. The molecule has 2 aromatic carbocycles. The SMILES string of the molecule is Cc1ccc2c(=O)n([C@H](C)COS)ccc2c1NC(=O)Cc1ccc(C(F)(F)F)c(F)c1. The van der Waals surface area contributed by atoms with E-state index < -0.39 is 23.5 Å². The maximum Gasteiger partial charge on any atom is 0.419 e. The zero-order chi connectivity index (χ0) is 23.6. The summed E-state index contributed by atoms with van der Waals surface area (Å²) in [6.45, 7) is 3.76. The normalized spacial score (nSPS) is 12.7. The topological polar surface area (TPSA) is 60.3 Å². The zero-order valence-electron chi connectivity index (χ0n) is 17.2. The first-order valence-corrected chi connectivity index (χ1v) is 9.95. The van der Waals surface area contributed by atoms with Crippen LogP contribution in [0, 0.1) is 12.7 Å². The third-order valence-corrected chi connectivity index (χ3v) is 5.23. The number of hydrogen-bond donors (Lipinski definition) is 2. The van der Waals surface area contributed by atoms with Gasteiger partial charge in [-0.05, 0) is 62.1 Å². The highest BCUT2D eigenvalue weighted by atomic mass is 32.1. The van der Waals surface area contributed by atoms with Crippen LogP contribution < -0.4 is 10.9 Å². The average Bonchev–Trinajstić information content (AvgIpc) is 2.69. The summed E-state index contributed by atoms with van der Waals surface area (Å²) >= 11 is 3.71. The van der Waals surface area contributed by atoms with Crippen LogP contribution in [0.15, 0.2) is 47.4 Å². The molecule has 10 heteroatoms. The molecule has 1 heterocycles. The summed E-state index contributed by atoms with van der Waals surface area (Å²) in [4.78, 5) is 25.4. The van der Waals surface area contributed by atoms with Gasteiger partial charge in [0.15, 0.2) is 0 Å². The standard InChI is InChI=1S/C22H20F4N2O3S/c1-12-3-5-16-15(7-8-28(21(16)30)13(2)11-31-32)20(12)27-19(29)10-14-4-6-17(18(23)9-14)22(24,25)26/h3-9,13,32H,10-11H2,1-2H3,(H,27,29)/t13-/m1/s1. The second-order valence-corrected chi connectivity index (χ2v) is 7.69. The van der Waals surface area contributed by atoms with Gasteiger partial charge in [0.25, 0.3) is 5.56 Å². The number of fused-ring (bicyclic) bond motifs is 1. The molecular formula is C22H20F4N2O3S. The van der Waals surface area contributed by atoms with Crippen LogP contribution in [0.25, 0.3) is 10.8 Å². The van der Waals surface area contributed by atoms with Crippen LogP contribution in [0.4, 0.5) is 23.2 Å². The van der Waals surface area contributed by atoms with Gasteiger partial charge in [-0.3, -0.25) is 9.59 Å². The second kappa shape index (κ2) is 9.33. The number of anilines is 1. The van der Waals surface area contributed by atoms with Crippen molar-refractivity contribution < 1.29 is 26.5 Å². The molecule has 0 unspecified atom stereocenters. The molecule has 170 valence electrons. The summed E-state index contributed by atoms with van der Waals surface area (Å²) in [5, 5.41) is 3.58. The van der Waals surface area contributed by atoms with Gasteiger partial charge in [0.05, 0.1) is 30.3 Å². The largest absolute Gasteiger partial charge is 0.419 e. The van der Waals surface area contributed by atoms with Gasteiger partial charge >= 0.3 is 6.18 Å². The predicted octanol–water partition coefficient (Wildman–Crippen LogP) is 5.07.